The van der Waals surface area contributed by atoms with E-state index in [0.29, 0.717) is 0 Å². The van der Waals surface area contributed by atoms with Gasteiger partial charge in [-0.3, -0.25) is 0 Å². The molecule has 74 valence electrons. The molecule has 0 aliphatic carbocycles. The van der Waals surface area contributed by atoms with Gasteiger partial charge in [0.1, 0.15) is 0 Å². The van der Waals surface area contributed by atoms with Crippen LogP contribution in [-0.2, 0) is 0 Å². The average molecular weight is 301 g/mol. The molecule has 1 rings (SSSR count). The fraction of sp³-hybridized carbons (Fsp3) is 1.00. The van der Waals surface area contributed by atoms with Gasteiger partial charge in [0.2, 0.25) is 0 Å². The molecule has 1 nitrogen and oxygen atoms in total. The van der Waals surface area contributed by atoms with Gasteiger partial charge in [-0.15, -0.1) is 17.0 Å². The molecule has 0 bridgehead atoms. The van der Waals surface area contributed by atoms with Crippen LogP contribution in [0.5, 0.6) is 0 Å². The van der Waals surface area contributed by atoms with Gasteiger partial charge < -0.3 is 4.90 Å². The van der Waals surface area contributed by atoms with Gasteiger partial charge in [-0.05, 0) is 38.3 Å². The molecule has 1 aliphatic rings. The number of nitrogens with zero attached hydrogens (tertiary/aromatic N) is 1. The van der Waals surface area contributed by atoms with Crippen LogP contribution in [0, 0.1) is 5.92 Å². The van der Waals surface area contributed by atoms with Gasteiger partial charge >= 0.3 is 0 Å². The van der Waals surface area contributed by atoms with E-state index in [-0.39, 0.29) is 17.0 Å². The highest BCUT2D eigenvalue weighted by molar-refractivity contribution is 9.09. The lowest BCUT2D eigenvalue weighted by atomic mass is 10.0. The Labute approximate surface area is 94.8 Å². The lowest BCUT2D eigenvalue weighted by Gasteiger charge is -2.30. The zero-order chi connectivity index (χ0) is 8.10. The molecule has 0 aromatic carbocycles. The Morgan fingerprint density at radius 2 is 2.25 bits per heavy atom. The molecular formula is C9H19Br2N. The number of hydrogen-bond acceptors (Lipinski definition) is 1. The Hall–Kier alpha value is 0.920. The summed E-state index contributed by atoms with van der Waals surface area (Å²) in [5.41, 5.74) is 0. The second kappa shape index (κ2) is 7.34. The van der Waals surface area contributed by atoms with Crippen LogP contribution in [-0.4, -0.2) is 29.9 Å². The van der Waals surface area contributed by atoms with Gasteiger partial charge in [0, 0.05) is 11.9 Å². The third kappa shape index (κ3) is 4.83. The van der Waals surface area contributed by atoms with E-state index in [1.807, 2.05) is 0 Å². The lowest BCUT2D eigenvalue weighted by Crippen LogP contribution is -2.35. The first-order valence-corrected chi connectivity index (χ1v) is 5.73. The van der Waals surface area contributed by atoms with E-state index in [2.05, 4.69) is 27.8 Å². The Morgan fingerprint density at radius 3 is 2.83 bits per heavy atom. The van der Waals surface area contributed by atoms with Gasteiger partial charge in [-0.1, -0.05) is 22.9 Å². The van der Waals surface area contributed by atoms with Gasteiger partial charge in [-0.25, -0.2) is 0 Å². The molecule has 0 spiro atoms. The lowest BCUT2D eigenvalue weighted by molar-refractivity contribution is 0.185. The maximum absolute atomic E-state index is 3.46. The summed E-state index contributed by atoms with van der Waals surface area (Å²) >= 11 is 3.46. The Morgan fingerprint density at radius 1 is 1.50 bits per heavy atom. The minimum Gasteiger partial charge on any atom is -0.303 e. The van der Waals surface area contributed by atoms with Crippen LogP contribution in [0.1, 0.15) is 26.2 Å². The van der Waals surface area contributed by atoms with Crippen molar-refractivity contribution in [3.63, 3.8) is 0 Å². The summed E-state index contributed by atoms with van der Waals surface area (Å²) < 4.78 is 0. The largest absolute Gasteiger partial charge is 0.303 e. The minimum atomic E-state index is 0. The van der Waals surface area contributed by atoms with E-state index in [1.54, 1.807) is 0 Å². The van der Waals surface area contributed by atoms with Gasteiger partial charge in [-0.2, -0.15) is 0 Å². The average Bonchev–Trinajstić information content (AvgIpc) is 2.01. The minimum absolute atomic E-state index is 0. The van der Waals surface area contributed by atoms with Crippen LogP contribution >= 0.6 is 32.9 Å². The molecule has 1 fully saturated rings. The van der Waals surface area contributed by atoms with E-state index < -0.39 is 0 Å². The van der Waals surface area contributed by atoms with E-state index in [0.717, 1.165) is 11.2 Å². The van der Waals surface area contributed by atoms with Crippen molar-refractivity contribution in [1.82, 2.24) is 4.90 Å². The predicted molar refractivity (Wildman–Crippen MR) is 63.6 cm³/mol. The van der Waals surface area contributed by atoms with Crippen LogP contribution < -0.4 is 0 Å². The first kappa shape index (κ1) is 12.9. The normalized spacial score (nSPS) is 25.0. The number of hydrogen-bond donors (Lipinski definition) is 0. The maximum atomic E-state index is 3.46. The molecule has 1 atom stereocenters. The summed E-state index contributed by atoms with van der Waals surface area (Å²) in [4.78, 5) is 2.59. The number of piperidine rings is 1. The van der Waals surface area contributed by atoms with E-state index in [9.17, 15) is 0 Å². The summed E-state index contributed by atoms with van der Waals surface area (Å²) in [6, 6.07) is 0. The molecule has 0 aromatic heterocycles. The van der Waals surface area contributed by atoms with Crippen molar-refractivity contribution in [2.24, 2.45) is 5.92 Å². The molecule has 1 heterocycles. The summed E-state index contributed by atoms with van der Waals surface area (Å²) in [6.45, 7) is 6.31. The highest BCUT2D eigenvalue weighted by atomic mass is 79.9. The van der Waals surface area contributed by atoms with Crippen molar-refractivity contribution >= 4 is 32.9 Å². The first-order chi connectivity index (χ1) is 5.33. The van der Waals surface area contributed by atoms with Crippen molar-refractivity contribution in [2.75, 3.05) is 25.0 Å². The smallest absolute Gasteiger partial charge is 0.00434 e. The van der Waals surface area contributed by atoms with Gasteiger partial charge in [0.05, 0.1) is 0 Å². The summed E-state index contributed by atoms with van der Waals surface area (Å²) in [5.74, 6) is 0.930. The van der Waals surface area contributed by atoms with Crippen molar-refractivity contribution in [3.8, 4) is 0 Å². The molecule has 0 aromatic rings. The van der Waals surface area contributed by atoms with Crippen molar-refractivity contribution in [3.05, 3.63) is 0 Å². The molecule has 0 radical (unpaired) electrons. The van der Waals surface area contributed by atoms with E-state index >= 15 is 0 Å². The number of rotatable bonds is 3. The second-order valence-corrected chi connectivity index (χ2v) is 4.38. The fourth-order valence-electron chi connectivity index (χ4n) is 1.77. The molecule has 3 heteroatoms. The third-order valence-electron chi connectivity index (χ3n) is 2.35. The van der Waals surface area contributed by atoms with Crippen LogP contribution in [0.2, 0.25) is 0 Å². The monoisotopic (exact) mass is 299 g/mol. The number of alkyl halides is 1. The van der Waals surface area contributed by atoms with Crippen molar-refractivity contribution in [1.29, 1.82) is 0 Å². The van der Waals surface area contributed by atoms with Crippen molar-refractivity contribution in [2.45, 2.75) is 26.2 Å². The Kier molecular flexibility index (Phi) is 7.90. The van der Waals surface area contributed by atoms with E-state index in [1.165, 1.54) is 38.9 Å². The zero-order valence-corrected chi connectivity index (χ0v) is 11.1. The molecule has 1 saturated heterocycles. The zero-order valence-electron chi connectivity index (χ0n) is 7.76. The Bertz CT molecular complexity index is 109. The Balaban J connectivity index is 0.00000121. The maximum Gasteiger partial charge on any atom is 0.00434 e. The highest BCUT2D eigenvalue weighted by Crippen LogP contribution is 2.15. The standard InChI is InChI=1S/C9H18BrN.BrH/c1-9-4-2-6-11(8-9)7-3-5-10;/h9H,2-8H2,1H3;1H. The SMILES string of the molecule is Br.CC1CCCN(CCCBr)C1. The first-order valence-electron chi connectivity index (χ1n) is 4.61. The molecule has 0 saturated carbocycles. The highest BCUT2D eigenvalue weighted by Gasteiger charge is 2.14. The van der Waals surface area contributed by atoms with Crippen LogP contribution in [0.15, 0.2) is 0 Å². The van der Waals surface area contributed by atoms with Crippen LogP contribution in [0.3, 0.4) is 0 Å². The van der Waals surface area contributed by atoms with E-state index in [4.69, 9.17) is 0 Å². The quantitative estimate of drug-likeness (QED) is 0.724. The predicted octanol–water partition coefficient (Wildman–Crippen LogP) is 3.08. The van der Waals surface area contributed by atoms with Crippen LogP contribution in [0.25, 0.3) is 0 Å². The molecule has 1 unspecified atom stereocenters. The molecule has 0 N–H and O–H groups in total. The molecule has 12 heavy (non-hydrogen) atoms. The number of likely N-dealkylation sites (tertiary alicyclic amines) is 1. The second-order valence-electron chi connectivity index (χ2n) is 3.59. The fourth-order valence-corrected chi connectivity index (χ4v) is 2.02. The molecule has 0 amide bonds. The summed E-state index contributed by atoms with van der Waals surface area (Å²) in [7, 11) is 0. The topological polar surface area (TPSA) is 3.24 Å². The molecule has 1 aliphatic heterocycles. The van der Waals surface area contributed by atoms with Crippen molar-refractivity contribution < 1.29 is 0 Å². The summed E-state index contributed by atoms with van der Waals surface area (Å²) in [6.07, 6.45) is 4.14. The van der Waals surface area contributed by atoms with Crippen LogP contribution in [0.4, 0.5) is 0 Å². The molecular weight excluding hydrogens is 282 g/mol. The van der Waals surface area contributed by atoms with Gasteiger partial charge in [0.15, 0.2) is 0 Å². The third-order valence-corrected chi connectivity index (χ3v) is 2.91. The summed E-state index contributed by atoms with van der Waals surface area (Å²) in [5, 5.41) is 1.15. The number of halogens is 2. The van der Waals surface area contributed by atoms with Gasteiger partial charge in [0.25, 0.3) is 0 Å².